The van der Waals surface area contributed by atoms with Crippen molar-refractivity contribution in [3.8, 4) is 10.8 Å². The highest BCUT2D eigenvalue weighted by Crippen LogP contribution is 2.29. The number of rotatable bonds is 6. The molecule has 0 radical (unpaired) electrons. The van der Waals surface area contributed by atoms with E-state index < -0.39 is 17.3 Å². The number of halogens is 2. The maximum absolute atomic E-state index is 13.3. The lowest BCUT2D eigenvalue weighted by molar-refractivity contribution is 0.103. The molecule has 0 fully saturated rings. The summed E-state index contributed by atoms with van der Waals surface area (Å²) in [6.45, 7) is 0. The number of hydrogen-bond acceptors (Lipinski definition) is 9. The van der Waals surface area contributed by atoms with Gasteiger partial charge in [-0.25, -0.2) is 19.1 Å². The predicted octanol–water partition coefficient (Wildman–Crippen LogP) is 5.23. The molecule has 3 aromatic heterocycles. The van der Waals surface area contributed by atoms with Crippen molar-refractivity contribution < 1.29 is 4.79 Å². The summed E-state index contributed by atoms with van der Waals surface area (Å²) >= 11 is 13.6. The Hall–Kier alpha value is -4.78. The molecule has 3 aromatic carbocycles. The third-order valence-corrected chi connectivity index (χ3v) is 8.24. The van der Waals surface area contributed by atoms with Gasteiger partial charge < -0.3 is 15.1 Å². The Morgan fingerprint density at radius 2 is 1.36 bits per heavy atom. The molecule has 3 heterocycles. The number of carbonyl (C=O) groups excluding carboxylic acids is 1. The monoisotopic (exact) mass is 646 g/mol. The summed E-state index contributed by atoms with van der Waals surface area (Å²) in [4.78, 5) is 56.3. The van der Waals surface area contributed by atoms with E-state index in [4.69, 9.17) is 23.2 Å². The summed E-state index contributed by atoms with van der Waals surface area (Å²) < 4.78 is 2.78. The molecule has 0 atom stereocenters. The van der Waals surface area contributed by atoms with E-state index in [1.165, 1.54) is 15.3 Å². The number of benzene rings is 3. The molecule has 222 valence electrons. The van der Waals surface area contributed by atoms with Gasteiger partial charge in [-0.15, -0.1) is 0 Å². The fourth-order valence-electron chi connectivity index (χ4n) is 4.87. The molecule has 0 saturated carbocycles. The first-order chi connectivity index (χ1) is 21.0. The second-order valence-corrected chi connectivity index (χ2v) is 12.1. The molecule has 0 aliphatic carbocycles. The minimum Gasteiger partial charge on any atom is -0.362 e. The van der Waals surface area contributed by atoms with Crippen LogP contribution in [0.2, 0.25) is 10.0 Å². The summed E-state index contributed by atoms with van der Waals surface area (Å²) in [5.74, 6) is 0.567. The number of hydrogen-bond donors (Lipinski definition) is 1. The molecule has 0 bridgehead atoms. The van der Waals surface area contributed by atoms with Gasteiger partial charge in [-0.05, 0) is 54.6 Å². The summed E-state index contributed by atoms with van der Waals surface area (Å²) in [5.41, 5.74) is 0.970. The molecular formula is C30H24Cl2N8O3S. The van der Waals surface area contributed by atoms with E-state index >= 15 is 0 Å². The van der Waals surface area contributed by atoms with Gasteiger partial charge in [-0.3, -0.25) is 9.36 Å². The van der Waals surface area contributed by atoms with Crippen LogP contribution in [0.15, 0.2) is 76.4 Å². The van der Waals surface area contributed by atoms with Gasteiger partial charge in [0.15, 0.2) is 5.13 Å². The molecule has 1 amide bonds. The average Bonchev–Trinajstić information content (AvgIpc) is 3.46. The van der Waals surface area contributed by atoms with E-state index in [1.54, 1.807) is 78.5 Å². The normalized spacial score (nSPS) is 11.2. The molecule has 1 N–H and O–H groups in total. The number of nitrogens with zero attached hydrogens (tertiary/aromatic N) is 7. The number of nitrogens with one attached hydrogen (secondary N) is 1. The Labute approximate surface area is 264 Å². The van der Waals surface area contributed by atoms with Gasteiger partial charge in [0.2, 0.25) is 0 Å². The zero-order valence-corrected chi connectivity index (χ0v) is 26.2. The zero-order chi connectivity index (χ0) is 31.3. The van der Waals surface area contributed by atoms with Crippen molar-refractivity contribution in [1.82, 2.24) is 24.1 Å². The smallest absolute Gasteiger partial charge is 0.356 e. The third-order valence-electron chi connectivity index (χ3n) is 6.79. The summed E-state index contributed by atoms with van der Waals surface area (Å²) in [6.07, 6.45) is 1.39. The molecule has 0 unspecified atom stereocenters. The Bertz CT molecular complexity index is 2230. The molecule has 6 aromatic rings. The van der Waals surface area contributed by atoms with Crippen LogP contribution in [0.25, 0.3) is 32.6 Å². The van der Waals surface area contributed by atoms with Crippen LogP contribution in [-0.2, 0) is 0 Å². The first-order valence-corrected chi connectivity index (χ1v) is 14.8. The van der Waals surface area contributed by atoms with Crippen LogP contribution in [0.3, 0.4) is 0 Å². The summed E-state index contributed by atoms with van der Waals surface area (Å²) in [5, 5.41) is 5.47. The highest BCUT2D eigenvalue weighted by molar-refractivity contribution is 7.16. The van der Waals surface area contributed by atoms with Crippen LogP contribution in [0.5, 0.6) is 0 Å². The molecule has 11 nitrogen and oxygen atoms in total. The second kappa shape index (κ2) is 11.4. The van der Waals surface area contributed by atoms with Crippen LogP contribution in [0.4, 0.5) is 17.3 Å². The van der Waals surface area contributed by atoms with Gasteiger partial charge in [0, 0.05) is 54.7 Å². The van der Waals surface area contributed by atoms with Crippen molar-refractivity contribution in [2.75, 3.05) is 43.3 Å². The molecule has 0 saturated heterocycles. The SMILES string of the molecule is CN(C)c1nc(=O)n(-c2cccc(NC(=O)c3cnc(-n4c(=O)nc(N(C)C)c5ccc(Cl)cc54)s3)c2)c2cc(Cl)ccc12. The van der Waals surface area contributed by atoms with Gasteiger partial charge in [0.05, 0.1) is 22.9 Å². The Balaban J connectivity index is 1.35. The van der Waals surface area contributed by atoms with E-state index in [2.05, 4.69) is 20.3 Å². The predicted molar refractivity (Wildman–Crippen MR) is 177 cm³/mol. The van der Waals surface area contributed by atoms with Gasteiger partial charge in [0.25, 0.3) is 5.91 Å². The average molecular weight is 648 g/mol. The van der Waals surface area contributed by atoms with Crippen molar-refractivity contribution >= 4 is 79.6 Å². The fourth-order valence-corrected chi connectivity index (χ4v) is 6.02. The molecule has 0 spiro atoms. The lowest BCUT2D eigenvalue weighted by atomic mass is 10.2. The number of thiazole rings is 1. The zero-order valence-electron chi connectivity index (χ0n) is 23.9. The molecular weight excluding hydrogens is 623 g/mol. The van der Waals surface area contributed by atoms with Crippen LogP contribution in [0.1, 0.15) is 9.67 Å². The highest BCUT2D eigenvalue weighted by atomic mass is 35.5. The van der Waals surface area contributed by atoms with Gasteiger partial charge in [-0.1, -0.05) is 40.6 Å². The summed E-state index contributed by atoms with van der Waals surface area (Å²) in [6, 6.07) is 17.3. The first kappa shape index (κ1) is 29.3. The molecule has 6 rings (SSSR count). The van der Waals surface area contributed by atoms with Gasteiger partial charge in [0.1, 0.15) is 16.5 Å². The number of aromatic nitrogens is 5. The minimum absolute atomic E-state index is 0.260. The molecule has 0 aliphatic rings. The van der Waals surface area contributed by atoms with Gasteiger partial charge in [-0.2, -0.15) is 9.97 Å². The Kier molecular flexibility index (Phi) is 7.58. The van der Waals surface area contributed by atoms with E-state index in [1.807, 2.05) is 20.2 Å². The van der Waals surface area contributed by atoms with E-state index in [-0.39, 0.29) is 10.0 Å². The van der Waals surface area contributed by atoms with Crippen molar-refractivity contribution in [3.63, 3.8) is 0 Å². The lowest BCUT2D eigenvalue weighted by Crippen LogP contribution is -2.26. The first-order valence-electron chi connectivity index (χ1n) is 13.2. The minimum atomic E-state index is -0.552. The largest absolute Gasteiger partial charge is 0.362 e. The number of anilines is 3. The van der Waals surface area contributed by atoms with Gasteiger partial charge >= 0.3 is 11.4 Å². The Morgan fingerprint density at radius 1 is 0.795 bits per heavy atom. The third kappa shape index (κ3) is 5.27. The maximum Gasteiger partial charge on any atom is 0.356 e. The highest BCUT2D eigenvalue weighted by Gasteiger charge is 2.19. The standard InChI is InChI=1S/C30H24Cl2N8O3S/c1-37(2)25-20-10-8-16(31)12-22(20)39(28(42)35-25)19-7-5-6-18(14-19)34-27(41)24-15-33-30(44-24)40-23-13-17(32)9-11-21(23)26(38(3)4)36-29(40)43/h5-15H,1-4H3,(H,34,41). The van der Waals surface area contributed by atoms with E-state index in [0.717, 1.165) is 16.7 Å². The van der Waals surface area contributed by atoms with Crippen LogP contribution < -0.4 is 26.5 Å². The van der Waals surface area contributed by atoms with E-state index in [9.17, 15) is 14.4 Å². The van der Waals surface area contributed by atoms with Crippen molar-refractivity contribution in [3.05, 3.63) is 103 Å². The van der Waals surface area contributed by atoms with Crippen LogP contribution >= 0.6 is 34.5 Å². The number of amides is 1. The molecule has 44 heavy (non-hydrogen) atoms. The van der Waals surface area contributed by atoms with Crippen LogP contribution in [-0.4, -0.2) is 58.2 Å². The number of fused-ring (bicyclic) bond motifs is 2. The van der Waals surface area contributed by atoms with Crippen molar-refractivity contribution in [1.29, 1.82) is 0 Å². The molecule has 0 aliphatic heterocycles. The lowest BCUT2D eigenvalue weighted by Gasteiger charge is -2.17. The fraction of sp³-hybridized carbons (Fsp3) is 0.133. The van der Waals surface area contributed by atoms with Crippen molar-refractivity contribution in [2.45, 2.75) is 0 Å². The quantitative estimate of drug-likeness (QED) is 0.261. The second-order valence-electron chi connectivity index (χ2n) is 10.2. The maximum atomic E-state index is 13.3. The van der Waals surface area contributed by atoms with Crippen molar-refractivity contribution in [2.24, 2.45) is 0 Å². The number of carbonyl (C=O) groups is 1. The topological polar surface area (TPSA) is 118 Å². The summed E-state index contributed by atoms with van der Waals surface area (Å²) in [7, 11) is 7.21. The van der Waals surface area contributed by atoms with Crippen LogP contribution in [0, 0.1) is 0 Å². The van der Waals surface area contributed by atoms with E-state index in [0.29, 0.717) is 49.5 Å². The molecule has 14 heteroatoms. The Morgan fingerprint density at radius 3 is 1.95 bits per heavy atom.